The lowest BCUT2D eigenvalue weighted by Gasteiger charge is -2.11. The molecule has 0 aromatic heterocycles. The van der Waals surface area contributed by atoms with Crippen molar-refractivity contribution in [2.45, 2.75) is 12.5 Å². The molecule has 0 radical (unpaired) electrons. The highest BCUT2D eigenvalue weighted by Crippen LogP contribution is 2.16. The van der Waals surface area contributed by atoms with Gasteiger partial charge in [-0.15, -0.1) is 0 Å². The summed E-state index contributed by atoms with van der Waals surface area (Å²) in [6.45, 7) is -0.524. The first kappa shape index (κ1) is 15.3. The number of hydrogen-bond acceptors (Lipinski definition) is 6. The minimum absolute atomic E-state index is 0.0336. The Labute approximate surface area is 121 Å². The van der Waals surface area contributed by atoms with Crippen LogP contribution in [0.4, 0.5) is 0 Å². The van der Waals surface area contributed by atoms with Gasteiger partial charge in [-0.2, -0.15) is 0 Å². The quantitative estimate of drug-likeness (QED) is 0.748. The summed E-state index contributed by atoms with van der Waals surface area (Å²) in [6.07, 6.45) is 0.363. The van der Waals surface area contributed by atoms with Gasteiger partial charge in [0.05, 0.1) is 11.5 Å². The zero-order chi connectivity index (χ0) is 15.5. The maximum Gasteiger partial charge on any atom is 0.342 e. The van der Waals surface area contributed by atoms with Gasteiger partial charge in [-0.25, -0.2) is 13.2 Å². The molecule has 21 heavy (non-hydrogen) atoms. The number of ether oxygens (including phenoxy) is 1. The largest absolute Gasteiger partial charge is 0.507 e. The second kappa shape index (κ2) is 6.13. The minimum atomic E-state index is -3.08. The van der Waals surface area contributed by atoms with Gasteiger partial charge >= 0.3 is 5.97 Å². The molecule has 0 spiro atoms. The molecule has 8 heteroatoms. The van der Waals surface area contributed by atoms with E-state index in [-0.39, 0.29) is 22.8 Å². The Morgan fingerprint density at radius 2 is 2.05 bits per heavy atom. The zero-order valence-electron chi connectivity index (χ0n) is 11.1. The van der Waals surface area contributed by atoms with E-state index in [0.717, 1.165) is 0 Å². The normalized spacial score (nSPS) is 19.9. The van der Waals surface area contributed by atoms with Gasteiger partial charge in [0, 0.05) is 6.04 Å². The molecule has 2 rings (SSSR count). The fourth-order valence-electron chi connectivity index (χ4n) is 2.03. The summed E-state index contributed by atoms with van der Waals surface area (Å²) in [6, 6.07) is 5.38. The van der Waals surface area contributed by atoms with Crippen molar-refractivity contribution in [3.8, 4) is 5.75 Å². The van der Waals surface area contributed by atoms with E-state index in [1.54, 1.807) is 12.1 Å². The SMILES string of the molecule is O=C(COC(=O)c1ccccc1O)N[C@@H]1CCS(=O)(=O)C1. The molecule has 2 N–H and O–H groups in total. The van der Waals surface area contributed by atoms with Crippen molar-refractivity contribution in [1.82, 2.24) is 5.32 Å². The third kappa shape index (κ3) is 4.19. The van der Waals surface area contributed by atoms with Crippen LogP contribution in [0.2, 0.25) is 0 Å². The number of phenolic OH excluding ortho intramolecular Hbond substituents is 1. The van der Waals surface area contributed by atoms with Crippen molar-refractivity contribution < 1.29 is 27.9 Å². The Bertz CT molecular complexity index is 654. The molecule has 1 aliphatic heterocycles. The van der Waals surface area contributed by atoms with E-state index in [4.69, 9.17) is 4.74 Å². The average molecular weight is 313 g/mol. The molecule has 0 unspecified atom stereocenters. The topological polar surface area (TPSA) is 110 Å². The van der Waals surface area contributed by atoms with Crippen LogP contribution in [0, 0.1) is 0 Å². The first-order chi connectivity index (χ1) is 9.87. The smallest absolute Gasteiger partial charge is 0.342 e. The first-order valence-electron chi connectivity index (χ1n) is 6.32. The van der Waals surface area contributed by atoms with Crippen molar-refractivity contribution in [3.63, 3.8) is 0 Å². The number of rotatable bonds is 4. The number of phenols is 1. The van der Waals surface area contributed by atoms with Crippen LogP contribution < -0.4 is 5.32 Å². The predicted octanol–water partition coefficient (Wildman–Crippen LogP) is -0.148. The van der Waals surface area contributed by atoms with Crippen LogP contribution in [-0.4, -0.2) is 49.6 Å². The van der Waals surface area contributed by atoms with E-state index in [9.17, 15) is 23.1 Å². The number of esters is 1. The fraction of sp³-hybridized carbons (Fsp3) is 0.385. The summed E-state index contributed by atoms with van der Waals surface area (Å²) in [4.78, 5) is 23.2. The van der Waals surface area contributed by atoms with E-state index < -0.39 is 34.4 Å². The molecule has 1 amide bonds. The number of aromatic hydroxyl groups is 1. The molecule has 114 valence electrons. The fourth-order valence-corrected chi connectivity index (χ4v) is 3.71. The highest BCUT2D eigenvalue weighted by molar-refractivity contribution is 7.91. The van der Waals surface area contributed by atoms with Gasteiger partial charge in [-0.3, -0.25) is 4.79 Å². The Balaban J connectivity index is 1.82. The van der Waals surface area contributed by atoms with Gasteiger partial charge < -0.3 is 15.2 Å². The highest BCUT2D eigenvalue weighted by atomic mass is 32.2. The van der Waals surface area contributed by atoms with Crippen LogP contribution in [0.5, 0.6) is 5.75 Å². The van der Waals surface area contributed by atoms with Crippen molar-refractivity contribution in [2.75, 3.05) is 18.1 Å². The molecule has 1 aromatic carbocycles. The number of benzene rings is 1. The molecular formula is C13H15NO6S. The summed E-state index contributed by atoms with van der Waals surface area (Å²) in [5.41, 5.74) is -0.0336. The summed E-state index contributed by atoms with van der Waals surface area (Å²) in [5, 5.41) is 12.0. The Morgan fingerprint density at radius 1 is 1.33 bits per heavy atom. The monoisotopic (exact) mass is 313 g/mol. The van der Waals surface area contributed by atoms with Gasteiger partial charge in [-0.1, -0.05) is 12.1 Å². The maximum atomic E-state index is 11.7. The molecule has 7 nitrogen and oxygen atoms in total. The van der Waals surface area contributed by atoms with Gasteiger partial charge in [0.2, 0.25) is 0 Å². The molecule has 1 aromatic rings. The average Bonchev–Trinajstić information content (AvgIpc) is 2.75. The van der Waals surface area contributed by atoms with Crippen molar-refractivity contribution in [2.24, 2.45) is 0 Å². The van der Waals surface area contributed by atoms with Crippen LogP contribution in [0.3, 0.4) is 0 Å². The molecule has 1 fully saturated rings. The van der Waals surface area contributed by atoms with Gasteiger partial charge in [0.1, 0.15) is 11.3 Å². The minimum Gasteiger partial charge on any atom is -0.507 e. The van der Waals surface area contributed by atoms with Crippen molar-refractivity contribution in [1.29, 1.82) is 0 Å². The van der Waals surface area contributed by atoms with E-state index in [1.807, 2.05) is 0 Å². The van der Waals surface area contributed by atoms with E-state index in [2.05, 4.69) is 5.32 Å². The lowest BCUT2D eigenvalue weighted by molar-refractivity contribution is -0.124. The van der Waals surface area contributed by atoms with E-state index in [1.165, 1.54) is 12.1 Å². The summed E-state index contributed by atoms with van der Waals surface area (Å²) in [5.74, 6) is -1.66. The Morgan fingerprint density at radius 3 is 2.67 bits per heavy atom. The Hall–Kier alpha value is -2.09. The first-order valence-corrected chi connectivity index (χ1v) is 8.14. The summed E-state index contributed by atoms with van der Waals surface area (Å²) < 4.78 is 27.3. The number of carbonyl (C=O) groups is 2. The van der Waals surface area contributed by atoms with Gasteiger partial charge in [-0.05, 0) is 18.6 Å². The van der Waals surface area contributed by atoms with E-state index in [0.29, 0.717) is 6.42 Å². The molecule has 1 aliphatic rings. The number of nitrogens with one attached hydrogen (secondary N) is 1. The molecule has 0 saturated carbocycles. The maximum absolute atomic E-state index is 11.7. The standard InChI is InChI=1S/C13H15NO6S/c15-11-4-2-1-3-10(11)13(17)20-7-12(16)14-9-5-6-21(18,19)8-9/h1-4,9,15H,5-8H2,(H,14,16)/t9-/m1/s1. The van der Waals surface area contributed by atoms with Crippen LogP contribution in [0.25, 0.3) is 0 Å². The molecule has 1 saturated heterocycles. The lowest BCUT2D eigenvalue weighted by atomic mass is 10.2. The number of carbonyl (C=O) groups excluding carboxylic acids is 2. The second-order valence-electron chi connectivity index (χ2n) is 4.76. The lowest BCUT2D eigenvalue weighted by Crippen LogP contribution is -2.38. The second-order valence-corrected chi connectivity index (χ2v) is 6.99. The number of para-hydroxylation sites is 1. The number of sulfone groups is 1. The molecule has 0 bridgehead atoms. The predicted molar refractivity (Wildman–Crippen MR) is 73.6 cm³/mol. The van der Waals surface area contributed by atoms with Crippen LogP contribution >= 0.6 is 0 Å². The third-order valence-electron chi connectivity index (χ3n) is 3.06. The zero-order valence-corrected chi connectivity index (χ0v) is 11.9. The van der Waals surface area contributed by atoms with Crippen LogP contribution in [0.15, 0.2) is 24.3 Å². The van der Waals surface area contributed by atoms with Gasteiger partial charge in [0.15, 0.2) is 16.4 Å². The Kier molecular flexibility index (Phi) is 4.46. The van der Waals surface area contributed by atoms with Crippen LogP contribution in [0.1, 0.15) is 16.8 Å². The highest BCUT2D eigenvalue weighted by Gasteiger charge is 2.29. The van der Waals surface area contributed by atoms with E-state index >= 15 is 0 Å². The summed E-state index contributed by atoms with van der Waals surface area (Å²) >= 11 is 0. The van der Waals surface area contributed by atoms with Gasteiger partial charge in [0.25, 0.3) is 5.91 Å². The number of amides is 1. The summed E-state index contributed by atoms with van der Waals surface area (Å²) in [7, 11) is -3.08. The molecule has 1 atom stereocenters. The van der Waals surface area contributed by atoms with Crippen LogP contribution in [-0.2, 0) is 19.4 Å². The molecular weight excluding hydrogens is 298 g/mol. The third-order valence-corrected chi connectivity index (χ3v) is 4.82. The molecule has 0 aliphatic carbocycles. The van der Waals surface area contributed by atoms with Crippen molar-refractivity contribution >= 4 is 21.7 Å². The van der Waals surface area contributed by atoms with Crippen molar-refractivity contribution in [3.05, 3.63) is 29.8 Å². The molecule has 1 heterocycles. The number of hydrogen-bond donors (Lipinski definition) is 2.